The molecule has 0 bridgehead atoms. The molecule has 0 aliphatic heterocycles. The maximum atomic E-state index is 12.5. The van der Waals surface area contributed by atoms with Crippen LogP contribution in [0.25, 0.3) is 0 Å². The lowest BCUT2D eigenvalue weighted by atomic mass is 10.1. The van der Waals surface area contributed by atoms with Crippen LogP contribution in [0.4, 0.5) is 19.4 Å². The number of nitrogens with two attached hydrogens (primary N) is 1. The Morgan fingerprint density at radius 2 is 1.55 bits per heavy atom. The van der Waals surface area contributed by atoms with Gasteiger partial charge in [-0.2, -0.15) is 0 Å². The summed E-state index contributed by atoms with van der Waals surface area (Å²) in [6, 6.07) is 2.13. The Hall–Kier alpha value is -0.730. The molecule has 0 heterocycles. The maximum Gasteiger partial charge on any atom is 0.310 e. The number of hydrogen-bond donors (Lipinski definition) is 1. The van der Waals surface area contributed by atoms with E-state index in [2.05, 4.69) is 0 Å². The average Bonchev–Trinajstić information content (AvgIpc) is 2.78. The van der Waals surface area contributed by atoms with Gasteiger partial charge in [0.15, 0.2) is 0 Å². The molecule has 1 saturated carbocycles. The number of primary amides is 1. The first-order valence-electron chi connectivity index (χ1n) is 5.16. The smallest absolute Gasteiger partial charge is 0.310 e. The van der Waals surface area contributed by atoms with E-state index >= 15 is 0 Å². The molecule has 1 aromatic rings. The van der Waals surface area contributed by atoms with Crippen molar-refractivity contribution in [3.63, 3.8) is 0 Å². The Balaban J connectivity index is 2.35. The van der Waals surface area contributed by atoms with Crippen LogP contribution in [0.2, 0.25) is 0 Å². The fourth-order valence-corrected chi connectivity index (χ4v) is 3.52. The molecule has 0 saturated heterocycles. The highest BCUT2D eigenvalue weighted by Crippen LogP contribution is 3.02. The van der Waals surface area contributed by atoms with Gasteiger partial charge < -0.3 is 5.73 Å². The predicted molar refractivity (Wildman–Crippen MR) is 67.7 cm³/mol. The van der Waals surface area contributed by atoms with E-state index in [1.54, 1.807) is 0 Å². The van der Waals surface area contributed by atoms with Crippen molar-refractivity contribution in [2.45, 2.75) is 15.1 Å². The minimum Gasteiger partial charge on any atom is -0.369 e. The van der Waals surface area contributed by atoms with Crippen molar-refractivity contribution in [1.29, 1.82) is 0 Å². The molecule has 1 amide bonds. The molecular weight excluding hydrogens is 348 g/mol. The second-order valence-corrected chi connectivity index (χ2v) is 8.42. The highest BCUT2D eigenvalue weighted by molar-refractivity contribution is 8.45. The van der Waals surface area contributed by atoms with Crippen molar-refractivity contribution < 1.29 is 24.2 Å². The molecule has 2 unspecified atom stereocenters. The van der Waals surface area contributed by atoms with Crippen LogP contribution in [0.1, 0.15) is 11.5 Å². The average molecular weight is 356 g/mol. The number of halogens is 7. The van der Waals surface area contributed by atoms with E-state index in [9.17, 15) is 24.2 Å². The third kappa shape index (κ3) is 2.68. The molecule has 2 N–H and O–H groups in total. The fraction of sp³-hybridized carbons (Fsp3) is 0.300. The van der Waals surface area contributed by atoms with Gasteiger partial charge in [0.2, 0.25) is 5.91 Å². The Kier molecular flexibility index (Phi) is 2.77. The third-order valence-corrected chi connectivity index (χ3v) is 5.15. The fourth-order valence-electron chi connectivity index (χ4n) is 2.03. The molecular formula is C10H8Cl2F5NOS. The van der Waals surface area contributed by atoms with Gasteiger partial charge >= 0.3 is 10.2 Å². The SMILES string of the molecule is NC(=O)C1C(c2ccc(S(F)(F)(F)(F)F)cc2)C1(Cl)Cl. The molecule has 0 spiro atoms. The van der Waals surface area contributed by atoms with Crippen LogP contribution in [-0.4, -0.2) is 10.2 Å². The van der Waals surface area contributed by atoms with Gasteiger partial charge in [0.25, 0.3) is 0 Å². The molecule has 2 atom stereocenters. The van der Waals surface area contributed by atoms with E-state index in [1.165, 1.54) is 0 Å². The zero-order valence-corrected chi connectivity index (χ0v) is 11.8. The van der Waals surface area contributed by atoms with Crippen molar-refractivity contribution in [3.05, 3.63) is 29.8 Å². The Morgan fingerprint density at radius 3 is 1.85 bits per heavy atom. The number of amides is 1. The molecule has 1 aliphatic carbocycles. The Bertz CT molecular complexity index is 586. The molecule has 2 rings (SSSR count). The molecule has 0 aromatic heterocycles. The largest absolute Gasteiger partial charge is 0.369 e. The second kappa shape index (κ2) is 3.53. The summed E-state index contributed by atoms with van der Waals surface area (Å²) >= 11 is 11.6. The minimum absolute atomic E-state index is 0.143. The Labute approximate surface area is 120 Å². The van der Waals surface area contributed by atoms with E-state index in [-0.39, 0.29) is 17.7 Å². The van der Waals surface area contributed by atoms with Crippen LogP contribution in [0, 0.1) is 5.92 Å². The summed E-state index contributed by atoms with van der Waals surface area (Å²) in [4.78, 5) is 9.03. The van der Waals surface area contributed by atoms with Crippen molar-refractivity contribution in [2.24, 2.45) is 11.7 Å². The zero-order valence-electron chi connectivity index (χ0n) is 9.50. The minimum atomic E-state index is -9.71. The standard InChI is InChI=1S/C10H8Cl2F5NOS/c11-10(12)7(8(10)9(18)19)5-1-3-6(4-2-5)20(13,14,15,16)17/h1-4,7-8H,(H2,18,19). The highest BCUT2D eigenvalue weighted by Gasteiger charge is 2.68. The summed E-state index contributed by atoms with van der Waals surface area (Å²) in [6.45, 7) is 0. The highest BCUT2D eigenvalue weighted by atomic mass is 35.5. The Morgan fingerprint density at radius 1 is 1.10 bits per heavy atom. The first kappa shape index (κ1) is 15.7. The maximum absolute atomic E-state index is 12.5. The number of hydrogen-bond acceptors (Lipinski definition) is 1. The zero-order chi connectivity index (χ0) is 15.6. The monoisotopic (exact) mass is 355 g/mol. The second-order valence-electron chi connectivity index (χ2n) is 4.57. The number of benzene rings is 1. The lowest BCUT2D eigenvalue weighted by Gasteiger charge is -2.40. The quantitative estimate of drug-likeness (QED) is 0.618. The number of carbonyl (C=O) groups excluding carboxylic acids is 1. The van der Waals surface area contributed by atoms with E-state index in [0.29, 0.717) is 0 Å². The molecule has 114 valence electrons. The summed E-state index contributed by atoms with van der Waals surface area (Å²) < 4.78 is 61.1. The van der Waals surface area contributed by atoms with Crippen LogP contribution in [0.15, 0.2) is 29.2 Å². The van der Waals surface area contributed by atoms with Gasteiger partial charge in [-0.05, 0) is 17.7 Å². The molecule has 0 radical (unpaired) electrons. The van der Waals surface area contributed by atoms with E-state index in [0.717, 1.165) is 12.1 Å². The van der Waals surface area contributed by atoms with E-state index in [1.807, 2.05) is 0 Å². The van der Waals surface area contributed by atoms with E-state index < -0.39 is 37.2 Å². The summed E-state index contributed by atoms with van der Waals surface area (Å²) in [7, 11) is -9.71. The number of alkyl halides is 2. The van der Waals surface area contributed by atoms with Crippen LogP contribution in [0.3, 0.4) is 0 Å². The summed E-state index contributed by atoms with van der Waals surface area (Å²) in [6.07, 6.45) is 0. The van der Waals surface area contributed by atoms with Gasteiger partial charge in [0.05, 0.1) is 5.92 Å². The molecule has 10 heteroatoms. The van der Waals surface area contributed by atoms with Crippen molar-refractivity contribution in [3.8, 4) is 0 Å². The van der Waals surface area contributed by atoms with Crippen molar-refractivity contribution in [2.75, 3.05) is 0 Å². The predicted octanol–water partition coefficient (Wildman–Crippen LogP) is 4.72. The van der Waals surface area contributed by atoms with Crippen LogP contribution in [0.5, 0.6) is 0 Å². The number of carbonyl (C=O) groups is 1. The van der Waals surface area contributed by atoms with Gasteiger partial charge in [0, 0.05) is 5.92 Å². The van der Waals surface area contributed by atoms with Crippen LogP contribution < -0.4 is 5.73 Å². The van der Waals surface area contributed by atoms with Crippen molar-refractivity contribution >= 4 is 39.3 Å². The molecule has 1 aromatic carbocycles. The normalized spacial score (nSPS) is 28.4. The lowest BCUT2D eigenvalue weighted by molar-refractivity contribution is -0.119. The molecule has 20 heavy (non-hydrogen) atoms. The first-order chi connectivity index (χ1) is 8.64. The lowest BCUT2D eigenvalue weighted by Crippen LogP contribution is -2.16. The van der Waals surface area contributed by atoms with Gasteiger partial charge in [-0.3, -0.25) is 4.79 Å². The van der Waals surface area contributed by atoms with Crippen LogP contribution in [-0.2, 0) is 4.79 Å². The third-order valence-electron chi connectivity index (χ3n) is 3.04. The van der Waals surface area contributed by atoms with Crippen molar-refractivity contribution in [1.82, 2.24) is 0 Å². The number of rotatable bonds is 3. The van der Waals surface area contributed by atoms with Gasteiger partial charge in [-0.1, -0.05) is 31.6 Å². The van der Waals surface area contributed by atoms with Crippen LogP contribution >= 0.6 is 33.4 Å². The van der Waals surface area contributed by atoms with Gasteiger partial charge in [-0.15, -0.1) is 23.2 Å². The molecule has 1 fully saturated rings. The molecule has 1 aliphatic rings. The van der Waals surface area contributed by atoms with Gasteiger partial charge in [-0.25, -0.2) is 0 Å². The summed E-state index contributed by atoms with van der Waals surface area (Å²) in [5.41, 5.74) is 5.18. The van der Waals surface area contributed by atoms with E-state index in [4.69, 9.17) is 28.9 Å². The first-order valence-corrected chi connectivity index (χ1v) is 7.86. The summed E-state index contributed by atoms with van der Waals surface area (Å²) in [5.74, 6) is -2.58. The topological polar surface area (TPSA) is 43.1 Å². The van der Waals surface area contributed by atoms with Gasteiger partial charge in [0.1, 0.15) is 9.23 Å². The molecule has 2 nitrogen and oxygen atoms in total. The summed E-state index contributed by atoms with van der Waals surface area (Å²) in [5, 5.41) is 0.